The molecule has 2 aliphatic heterocycles. The number of rotatable bonds is 7. The second kappa shape index (κ2) is 9.60. The third kappa shape index (κ3) is 5.01. The number of hydrogen-bond donors (Lipinski definition) is 1. The zero-order valence-electron chi connectivity index (χ0n) is 17.5. The van der Waals surface area contributed by atoms with E-state index in [9.17, 15) is 4.79 Å². The molecule has 0 bridgehead atoms. The molecule has 2 atom stereocenters. The van der Waals surface area contributed by atoms with Crippen LogP contribution in [0.25, 0.3) is 0 Å². The van der Waals surface area contributed by atoms with Gasteiger partial charge in [0.25, 0.3) is 0 Å². The van der Waals surface area contributed by atoms with E-state index in [1.54, 1.807) is 7.11 Å². The second-order valence-electron chi connectivity index (χ2n) is 8.07. The van der Waals surface area contributed by atoms with Crippen molar-refractivity contribution >= 4 is 11.6 Å². The van der Waals surface area contributed by atoms with E-state index in [0.717, 1.165) is 56.0 Å². The highest BCUT2D eigenvalue weighted by molar-refractivity contribution is 5.92. The summed E-state index contributed by atoms with van der Waals surface area (Å²) in [5, 5.41) is 2.98. The average molecular weight is 411 g/mol. The van der Waals surface area contributed by atoms with Crippen LogP contribution in [0.2, 0.25) is 0 Å². The Bertz CT molecular complexity index is 819. The van der Waals surface area contributed by atoms with Crippen LogP contribution in [0.1, 0.15) is 24.8 Å². The molecular formula is C24H30N2O4. The van der Waals surface area contributed by atoms with Crippen molar-refractivity contribution < 1.29 is 19.0 Å². The number of hydrogen-bond acceptors (Lipinski definition) is 5. The van der Waals surface area contributed by atoms with E-state index in [1.807, 2.05) is 54.6 Å². The first-order valence-electron chi connectivity index (χ1n) is 10.6. The van der Waals surface area contributed by atoms with Gasteiger partial charge in [-0.05, 0) is 49.1 Å². The molecule has 2 fully saturated rings. The van der Waals surface area contributed by atoms with Gasteiger partial charge in [-0.1, -0.05) is 30.3 Å². The van der Waals surface area contributed by atoms with E-state index in [-0.39, 0.29) is 17.6 Å². The standard InChI is InChI=1S/C24H30N2O4/c1-28-22-16-26(14-13-24(22)12-5-15-30-24)17-23(27)25-20-8-10-21(11-9-20)29-18-19-6-3-2-4-7-19/h2-4,6-11,22H,5,12-18H2,1H3,(H,25,27)/t22-,24-/m1/s1. The van der Waals surface area contributed by atoms with Crippen LogP contribution >= 0.6 is 0 Å². The number of benzene rings is 2. The lowest BCUT2D eigenvalue weighted by atomic mass is 9.86. The van der Waals surface area contributed by atoms with Crippen LogP contribution in [-0.4, -0.2) is 55.9 Å². The molecule has 6 heteroatoms. The van der Waals surface area contributed by atoms with Gasteiger partial charge in [-0.3, -0.25) is 9.69 Å². The minimum Gasteiger partial charge on any atom is -0.489 e. The van der Waals surface area contributed by atoms with Gasteiger partial charge in [0.1, 0.15) is 12.4 Å². The van der Waals surface area contributed by atoms with E-state index in [0.29, 0.717) is 13.2 Å². The van der Waals surface area contributed by atoms with Crippen LogP contribution in [0.5, 0.6) is 5.75 Å². The van der Waals surface area contributed by atoms with Gasteiger partial charge in [-0.2, -0.15) is 0 Å². The van der Waals surface area contributed by atoms with Crippen LogP contribution in [-0.2, 0) is 20.9 Å². The van der Waals surface area contributed by atoms with Crippen LogP contribution < -0.4 is 10.1 Å². The number of methoxy groups -OCH3 is 1. The highest BCUT2D eigenvalue weighted by atomic mass is 16.5. The molecule has 6 nitrogen and oxygen atoms in total. The summed E-state index contributed by atoms with van der Waals surface area (Å²) in [6, 6.07) is 17.5. The monoisotopic (exact) mass is 410 g/mol. The summed E-state index contributed by atoms with van der Waals surface area (Å²) in [7, 11) is 1.74. The second-order valence-corrected chi connectivity index (χ2v) is 8.07. The Kier molecular flexibility index (Phi) is 6.67. The number of amides is 1. The quantitative estimate of drug-likeness (QED) is 0.757. The van der Waals surface area contributed by atoms with Crippen LogP contribution in [0, 0.1) is 0 Å². The molecule has 0 aromatic heterocycles. The van der Waals surface area contributed by atoms with Crippen LogP contribution in [0.4, 0.5) is 5.69 Å². The van der Waals surface area contributed by atoms with E-state index in [4.69, 9.17) is 14.2 Å². The molecule has 30 heavy (non-hydrogen) atoms. The zero-order valence-corrected chi connectivity index (χ0v) is 17.5. The first-order valence-corrected chi connectivity index (χ1v) is 10.6. The smallest absolute Gasteiger partial charge is 0.238 e. The van der Waals surface area contributed by atoms with Crippen molar-refractivity contribution in [3.8, 4) is 5.75 Å². The van der Waals surface area contributed by atoms with Gasteiger partial charge in [0.05, 0.1) is 18.2 Å². The molecule has 1 spiro atoms. The predicted octanol–water partition coefficient (Wildman–Crippen LogP) is 3.47. The molecule has 0 unspecified atom stereocenters. The molecule has 0 radical (unpaired) electrons. The van der Waals surface area contributed by atoms with E-state index in [2.05, 4.69) is 10.2 Å². The Labute approximate surface area is 178 Å². The maximum absolute atomic E-state index is 12.5. The summed E-state index contributed by atoms with van der Waals surface area (Å²) in [5.41, 5.74) is 1.73. The molecule has 2 aliphatic rings. The van der Waals surface area contributed by atoms with Gasteiger partial charge in [0.2, 0.25) is 5.91 Å². The first kappa shape index (κ1) is 20.8. The molecule has 0 saturated carbocycles. The Morgan fingerprint density at radius 2 is 1.97 bits per heavy atom. The number of likely N-dealkylation sites (tertiary alicyclic amines) is 1. The third-order valence-electron chi connectivity index (χ3n) is 6.03. The number of piperidine rings is 1. The highest BCUT2D eigenvalue weighted by Gasteiger charge is 2.46. The fraction of sp³-hybridized carbons (Fsp3) is 0.458. The molecule has 0 aliphatic carbocycles. The Balaban J connectivity index is 1.25. The zero-order chi connectivity index (χ0) is 20.8. The third-order valence-corrected chi connectivity index (χ3v) is 6.03. The number of anilines is 1. The minimum absolute atomic E-state index is 0.0163. The number of carbonyl (C=O) groups excluding carboxylic acids is 1. The maximum atomic E-state index is 12.5. The molecule has 2 aromatic carbocycles. The maximum Gasteiger partial charge on any atom is 0.238 e. The van der Waals surface area contributed by atoms with Crippen molar-refractivity contribution in [2.75, 3.05) is 38.7 Å². The fourth-order valence-electron chi connectivity index (χ4n) is 4.38. The van der Waals surface area contributed by atoms with Gasteiger partial charge in [0.15, 0.2) is 0 Å². The van der Waals surface area contributed by atoms with Gasteiger partial charge in [0, 0.05) is 32.5 Å². The van der Waals surface area contributed by atoms with Crippen molar-refractivity contribution in [3.05, 3.63) is 60.2 Å². The molecule has 1 N–H and O–H groups in total. The molecular weight excluding hydrogens is 380 g/mol. The lowest BCUT2D eigenvalue weighted by Crippen LogP contribution is -2.57. The lowest BCUT2D eigenvalue weighted by Gasteiger charge is -2.44. The van der Waals surface area contributed by atoms with Crippen molar-refractivity contribution in [2.24, 2.45) is 0 Å². The van der Waals surface area contributed by atoms with Gasteiger partial charge in [-0.15, -0.1) is 0 Å². The predicted molar refractivity (Wildman–Crippen MR) is 116 cm³/mol. The average Bonchev–Trinajstić information content (AvgIpc) is 3.24. The minimum atomic E-state index is -0.155. The van der Waals surface area contributed by atoms with Crippen molar-refractivity contribution in [1.82, 2.24) is 4.90 Å². The molecule has 2 saturated heterocycles. The van der Waals surface area contributed by atoms with Crippen molar-refractivity contribution in [3.63, 3.8) is 0 Å². The highest BCUT2D eigenvalue weighted by Crippen LogP contribution is 2.37. The number of ether oxygens (including phenoxy) is 3. The molecule has 2 heterocycles. The number of carbonyl (C=O) groups is 1. The first-order chi connectivity index (χ1) is 14.7. The summed E-state index contributed by atoms with van der Waals surface area (Å²) in [5.74, 6) is 0.753. The fourth-order valence-corrected chi connectivity index (χ4v) is 4.38. The van der Waals surface area contributed by atoms with Crippen LogP contribution in [0.3, 0.4) is 0 Å². The number of nitrogens with one attached hydrogen (secondary N) is 1. The normalized spacial score (nSPS) is 24.1. The summed E-state index contributed by atoms with van der Waals surface area (Å²) < 4.78 is 17.5. The van der Waals surface area contributed by atoms with E-state index in [1.165, 1.54) is 0 Å². The van der Waals surface area contributed by atoms with Gasteiger partial charge < -0.3 is 19.5 Å². The van der Waals surface area contributed by atoms with E-state index >= 15 is 0 Å². The van der Waals surface area contributed by atoms with E-state index < -0.39 is 0 Å². The topological polar surface area (TPSA) is 60.0 Å². The Morgan fingerprint density at radius 3 is 2.67 bits per heavy atom. The number of nitrogens with zero attached hydrogens (tertiary/aromatic N) is 1. The van der Waals surface area contributed by atoms with Gasteiger partial charge >= 0.3 is 0 Å². The molecule has 2 aromatic rings. The molecule has 1 amide bonds. The molecule has 4 rings (SSSR count). The largest absolute Gasteiger partial charge is 0.489 e. The summed E-state index contributed by atoms with van der Waals surface area (Å²) in [6.45, 7) is 3.25. The lowest BCUT2D eigenvalue weighted by molar-refractivity contribution is -0.145. The SMILES string of the molecule is CO[C@@H]1CN(CC(=O)Nc2ccc(OCc3ccccc3)cc2)CC[C@]12CCCO2. The van der Waals surface area contributed by atoms with Crippen molar-refractivity contribution in [1.29, 1.82) is 0 Å². The summed E-state index contributed by atoms with van der Waals surface area (Å²) in [6.07, 6.45) is 3.06. The Hall–Kier alpha value is -2.41. The summed E-state index contributed by atoms with van der Waals surface area (Å²) >= 11 is 0. The van der Waals surface area contributed by atoms with Crippen LogP contribution in [0.15, 0.2) is 54.6 Å². The van der Waals surface area contributed by atoms with Crippen molar-refractivity contribution in [2.45, 2.75) is 37.6 Å². The molecule has 160 valence electrons. The summed E-state index contributed by atoms with van der Waals surface area (Å²) in [4.78, 5) is 14.7. The Morgan fingerprint density at radius 1 is 1.17 bits per heavy atom. The van der Waals surface area contributed by atoms with Gasteiger partial charge in [-0.25, -0.2) is 0 Å².